The molecule has 0 bridgehead atoms. The van der Waals surface area contributed by atoms with Crippen molar-refractivity contribution in [2.75, 3.05) is 26.9 Å². The Morgan fingerprint density at radius 2 is 2.05 bits per heavy atom. The van der Waals surface area contributed by atoms with E-state index < -0.39 is 21.9 Å². The van der Waals surface area contributed by atoms with E-state index in [1.165, 1.54) is 13.2 Å². The molecular formula is C12H20ClFN2O4S. The van der Waals surface area contributed by atoms with Crippen LogP contribution in [0.4, 0.5) is 4.39 Å². The van der Waals surface area contributed by atoms with E-state index in [4.69, 9.17) is 15.2 Å². The average molecular weight is 343 g/mol. The highest BCUT2D eigenvalue weighted by Gasteiger charge is 2.22. The van der Waals surface area contributed by atoms with E-state index in [1.54, 1.807) is 6.92 Å². The second kappa shape index (κ2) is 9.16. The summed E-state index contributed by atoms with van der Waals surface area (Å²) in [7, 11) is -2.40. The molecule has 122 valence electrons. The molecule has 1 atom stereocenters. The molecule has 0 aromatic heterocycles. The van der Waals surface area contributed by atoms with Gasteiger partial charge >= 0.3 is 0 Å². The third-order valence-corrected chi connectivity index (χ3v) is 4.06. The number of rotatable bonds is 8. The summed E-state index contributed by atoms with van der Waals surface area (Å²) >= 11 is 0. The smallest absolute Gasteiger partial charge is 0.244 e. The molecule has 1 rings (SSSR count). The number of nitrogens with one attached hydrogen (secondary N) is 1. The number of hydrogen-bond donors (Lipinski definition) is 2. The summed E-state index contributed by atoms with van der Waals surface area (Å²) in [6, 6.07) is 2.85. The van der Waals surface area contributed by atoms with E-state index in [9.17, 15) is 12.8 Å². The van der Waals surface area contributed by atoms with Gasteiger partial charge in [-0.1, -0.05) is 0 Å². The summed E-state index contributed by atoms with van der Waals surface area (Å²) in [5, 5.41) is 0. The third kappa shape index (κ3) is 6.15. The molecule has 1 aromatic rings. The van der Waals surface area contributed by atoms with Gasteiger partial charge in [-0.2, -0.15) is 0 Å². The zero-order valence-corrected chi connectivity index (χ0v) is 13.5. The normalized spacial score (nSPS) is 12.6. The van der Waals surface area contributed by atoms with Crippen LogP contribution in [0.1, 0.15) is 6.92 Å². The number of hydrogen-bond acceptors (Lipinski definition) is 5. The van der Waals surface area contributed by atoms with Crippen molar-refractivity contribution < 1.29 is 22.3 Å². The molecule has 21 heavy (non-hydrogen) atoms. The topological polar surface area (TPSA) is 90.6 Å². The lowest BCUT2D eigenvalue weighted by atomic mass is 10.3. The number of ether oxygens (including phenoxy) is 2. The molecule has 0 aliphatic carbocycles. The first-order valence-electron chi connectivity index (χ1n) is 6.04. The van der Waals surface area contributed by atoms with E-state index in [0.29, 0.717) is 6.61 Å². The predicted molar refractivity (Wildman–Crippen MR) is 79.9 cm³/mol. The summed E-state index contributed by atoms with van der Waals surface area (Å²) in [5.41, 5.74) is 5.37. The van der Waals surface area contributed by atoms with Crippen molar-refractivity contribution >= 4 is 22.4 Å². The Labute approximate surface area is 130 Å². The minimum absolute atomic E-state index is 0. The van der Waals surface area contributed by atoms with Crippen LogP contribution >= 0.6 is 12.4 Å². The highest BCUT2D eigenvalue weighted by molar-refractivity contribution is 7.89. The standard InChI is InChI=1S/C12H19FN2O4S.ClH/c1-9(8-14)15-20(16,17)12-7-10(13)3-4-11(12)19-6-5-18-2;/h3-4,7,9,15H,5-6,8,14H2,1-2H3;1H/t9-;/m0./s1. The van der Waals surface area contributed by atoms with Gasteiger partial charge in [0.25, 0.3) is 0 Å². The molecule has 0 fully saturated rings. The Bertz CT molecular complexity index is 542. The van der Waals surface area contributed by atoms with Crippen LogP contribution in [0, 0.1) is 5.82 Å². The van der Waals surface area contributed by atoms with Crippen LogP contribution in [-0.4, -0.2) is 41.3 Å². The van der Waals surface area contributed by atoms with Gasteiger partial charge in [0, 0.05) is 19.7 Å². The van der Waals surface area contributed by atoms with E-state index >= 15 is 0 Å². The van der Waals surface area contributed by atoms with Crippen molar-refractivity contribution in [1.82, 2.24) is 4.72 Å². The predicted octanol–water partition coefficient (Wildman–Crippen LogP) is 0.898. The first-order valence-corrected chi connectivity index (χ1v) is 7.52. The SMILES string of the molecule is COCCOc1ccc(F)cc1S(=O)(=O)N[C@@H](C)CN.Cl. The fourth-order valence-electron chi connectivity index (χ4n) is 1.42. The Hall–Kier alpha value is -0.930. The molecule has 0 aliphatic heterocycles. The first kappa shape index (κ1) is 20.1. The summed E-state index contributed by atoms with van der Waals surface area (Å²) in [6.45, 7) is 2.21. The van der Waals surface area contributed by atoms with Crippen molar-refractivity contribution in [3.8, 4) is 5.75 Å². The van der Waals surface area contributed by atoms with Crippen LogP contribution in [0.3, 0.4) is 0 Å². The summed E-state index contributed by atoms with van der Waals surface area (Å²) in [5.74, 6) is -0.593. The number of benzene rings is 1. The highest BCUT2D eigenvalue weighted by atomic mass is 35.5. The van der Waals surface area contributed by atoms with Crippen molar-refractivity contribution in [3.05, 3.63) is 24.0 Å². The lowest BCUT2D eigenvalue weighted by Crippen LogP contribution is -2.38. The molecule has 1 aromatic carbocycles. The minimum Gasteiger partial charge on any atom is -0.490 e. The molecule has 0 saturated heterocycles. The quantitative estimate of drug-likeness (QED) is 0.685. The monoisotopic (exact) mass is 342 g/mol. The lowest BCUT2D eigenvalue weighted by molar-refractivity contribution is 0.144. The van der Waals surface area contributed by atoms with Crippen molar-refractivity contribution in [1.29, 1.82) is 0 Å². The molecule has 9 heteroatoms. The van der Waals surface area contributed by atoms with Crippen LogP contribution < -0.4 is 15.2 Å². The van der Waals surface area contributed by atoms with E-state index in [1.807, 2.05) is 0 Å². The van der Waals surface area contributed by atoms with Gasteiger partial charge in [-0.05, 0) is 25.1 Å². The minimum atomic E-state index is -3.90. The molecule has 0 saturated carbocycles. The highest BCUT2D eigenvalue weighted by Crippen LogP contribution is 2.24. The Morgan fingerprint density at radius 1 is 1.38 bits per heavy atom. The Morgan fingerprint density at radius 3 is 2.62 bits per heavy atom. The van der Waals surface area contributed by atoms with Gasteiger partial charge in [-0.15, -0.1) is 12.4 Å². The number of halogens is 2. The number of methoxy groups -OCH3 is 1. The molecular weight excluding hydrogens is 323 g/mol. The Balaban J connectivity index is 0.00000400. The third-order valence-electron chi connectivity index (χ3n) is 2.45. The molecule has 0 heterocycles. The number of sulfonamides is 1. The fraction of sp³-hybridized carbons (Fsp3) is 0.500. The molecule has 0 aliphatic rings. The maximum atomic E-state index is 13.3. The second-order valence-corrected chi connectivity index (χ2v) is 5.87. The average Bonchev–Trinajstić information content (AvgIpc) is 2.40. The van der Waals surface area contributed by atoms with E-state index in [-0.39, 0.29) is 36.2 Å². The molecule has 0 unspecified atom stereocenters. The zero-order valence-electron chi connectivity index (χ0n) is 11.8. The van der Waals surface area contributed by atoms with Gasteiger partial charge in [0.15, 0.2) is 0 Å². The maximum Gasteiger partial charge on any atom is 0.244 e. The van der Waals surface area contributed by atoms with E-state index in [2.05, 4.69) is 4.72 Å². The fourth-order valence-corrected chi connectivity index (χ4v) is 2.84. The van der Waals surface area contributed by atoms with Crippen molar-refractivity contribution in [3.63, 3.8) is 0 Å². The van der Waals surface area contributed by atoms with Crippen molar-refractivity contribution in [2.45, 2.75) is 17.9 Å². The van der Waals surface area contributed by atoms with Crippen LogP contribution in [0.5, 0.6) is 5.75 Å². The summed E-state index contributed by atoms with van der Waals surface area (Å²) in [4.78, 5) is -0.256. The molecule has 6 nitrogen and oxygen atoms in total. The van der Waals surface area contributed by atoms with Crippen molar-refractivity contribution in [2.24, 2.45) is 5.73 Å². The van der Waals surface area contributed by atoms with Crippen LogP contribution in [0.2, 0.25) is 0 Å². The Kier molecular flexibility index (Phi) is 8.76. The molecule has 0 radical (unpaired) electrons. The zero-order chi connectivity index (χ0) is 15.2. The van der Waals surface area contributed by atoms with Crippen LogP contribution in [-0.2, 0) is 14.8 Å². The van der Waals surface area contributed by atoms with E-state index in [0.717, 1.165) is 12.1 Å². The van der Waals surface area contributed by atoms with Gasteiger partial charge in [-0.3, -0.25) is 0 Å². The van der Waals surface area contributed by atoms with Gasteiger partial charge < -0.3 is 15.2 Å². The van der Waals surface area contributed by atoms with Crippen LogP contribution in [0.25, 0.3) is 0 Å². The molecule has 0 amide bonds. The molecule has 3 N–H and O–H groups in total. The van der Waals surface area contributed by atoms with Crippen LogP contribution in [0.15, 0.2) is 23.1 Å². The van der Waals surface area contributed by atoms with Gasteiger partial charge in [0.05, 0.1) is 6.61 Å². The largest absolute Gasteiger partial charge is 0.490 e. The molecule has 0 spiro atoms. The van der Waals surface area contributed by atoms with Gasteiger partial charge in [-0.25, -0.2) is 17.5 Å². The summed E-state index contributed by atoms with van der Waals surface area (Å²) < 4.78 is 50.1. The lowest BCUT2D eigenvalue weighted by Gasteiger charge is -2.15. The second-order valence-electron chi connectivity index (χ2n) is 4.19. The first-order chi connectivity index (χ1) is 9.40. The van der Waals surface area contributed by atoms with Gasteiger partial charge in [0.1, 0.15) is 23.1 Å². The summed E-state index contributed by atoms with van der Waals surface area (Å²) in [6.07, 6.45) is 0. The number of nitrogens with two attached hydrogens (primary N) is 1. The maximum absolute atomic E-state index is 13.3. The van der Waals surface area contributed by atoms with Gasteiger partial charge in [0.2, 0.25) is 10.0 Å².